The van der Waals surface area contributed by atoms with Crippen LogP contribution in [0.15, 0.2) is 0 Å². The molecule has 0 bridgehead atoms. The average Bonchev–Trinajstić information content (AvgIpc) is 2.54. The standard InChI is InChI=1S/C19H37NO4/c1-2-3-4-5-6-7-8-9-10-11-12-15-20(16-13-18(21)22)17-14-19(23)24/h2-17H2,1H3,(H,21,22)(H,23,24). The van der Waals surface area contributed by atoms with Gasteiger partial charge in [-0.05, 0) is 12.8 Å². The molecular weight excluding hydrogens is 306 g/mol. The minimum atomic E-state index is -1.05. The Bertz CT molecular complexity index is 302. The molecule has 1 atom stereocenters. The van der Waals surface area contributed by atoms with Crippen molar-refractivity contribution in [1.82, 2.24) is 0 Å². The second-order valence-corrected chi connectivity index (χ2v) is 6.80. The summed E-state index contributed by atoms with van der Waals surface area (Å²) in [4.78, 5) is 22.3. The highest BCUT2D eigenvalue weighted by atomic mass is 16.4. The third-order valence-corrected chi connectivity index (χ3v) is 4.51. The maximum atomic E-state index is 10.7. The molecule has 0 aliphatic heterocycles. The maximum Gasteiger partial charge on any atom is 0.309 e. The highest BCUT2D eigenvalue weighted by Gasteiger charge is 2.10. The molecule has 0 radical (unpaired) electrons. The highest BCUT2D eigenvalue weighted by Crippen LogP contribution is 2.10. The van der Waals surface area contributed by atoms with E-state index in [0.29, 0.717) is 13.1 Å². The zero-order chi connectivity index (χ0) is 18.0. The summed E-state index contributed by atoms with van der Waals surface area (Å²) in [5.41, 5.74) is 0. The van der Waals surface area contributed by atoms with Crippen molar-refractivity contribution in [1.29, 1.82) is 0 Å². The van der Waals surface area contributed by atoms with Crippen LogP contribution in [0.1, 0.15) is 90.4 Å². The molecule has 0 spiro atoms. The predicted octanol–water partition coefficient (Wildman–Crippen LogP) is 1.80. The number of carbonyl (C=O) groups is 2. The van der Waals surface area contributed by atoms with Crippen LogP contribution in [-0.4, -0.2) is 36.7 Å². The van der Waals surface area contributed by atoms with Crippen LogP contribution in [-0.2, 0) is 9.59 Å². The molecule has 5 nitrogen and oxygen atoms in total. The topological polar surface area (TPSA) is 81.9 Å². The lowest BCUT2D eigenvalue weighted by molar-refractivity contribution is -0.899. The van der Waals surface area contributed by atoms with Gasteiger partial charge < -0.3 is 19.9 Å². The first-order valence-corrected chi connectivity index (χ1v) is 9.81. The molecule has 2 N–H and O–H groups in total. The Balaban J connectivity index is 3.56. The van der Waals surface area contributed by atoms with Crippen molar-refractivity contribution < 1.29 is 24.7 Å². The van der Waals surface area contributed by atoms with Crippen LogP contribution in [0, 0.1) is 0 Å². The molecular formula is C19H37NO4. The normalized spacial score (nSPS) is 12.2. The van der Waals surface area contributed by atoms with Gasteiger partial charge in [-0.1, -0.05) is 64.7 Å². The van der Waals surface area contributed by atoms with Gasteiger partial charge in [0.2, 0.25) is 0 Å². The number of carboxylic acid groups (broad SMARTS) is 2. The largest absolute Gasteiger partial charge is 0.550 e. The van der Waals surface area contributed by atoms with E-state index >= 15 is 0 Å². The number of hydrogen-bond donors (Lipinski definition) is 2. The number of aliphatic carboxylic acids is 2. The van der Waals surface area contributed by atoms with Gasteiger partial charge >= 0.3 is 5.97 Å². The molecule has 0 aromatic rings. The molecule has 0 aromatic carbocycles. The minimum Gasteiger partial charge on any atom is -0.550 e. The fourth-order valence-electron chi connectivity index (χ4n) is 2.98. The van der Waals surface area contributed by atoms with Crippen molar-refractivity contribution >= 4 is 11.9 Å². The Hall–Kier alpha value is -1.10. The second-order valence-electron chi connectivity index (χ2n) is 6.80. The quantitative estimate of drug-likeness (QED) is 0.372. The van der Waals surface area contributed by atoms with Crippen molar-refractivity contribution in [2.24, 2.45) is 0 Å². The molecule has 0 saturated heterocycles. The Morgan fingerprint density at radius 3 is 1.67 bits per heavy atom. The molecule has 0 heterocycles. The monoisotopic (exact) mass is 343 g/mol. The van der Waals surface area contributed by atoms with Gasteiger partial charge in [-0.3, -0.25) is 4.79 Å². The summed E-state index contributed by atoms with van der Waals surface area (Å²) in [6.07, 6.45) is 14.2. The minimum absolute atomic E-state index is 0.00693. The van der Waals surface area contributed by atoms with Gasteiger partial charge in [0.05, 0.1) is 26.1 Å². The molecule has 0 aliphatic carbocycles. The number of hydrogen-bond acceptors (Lipinski definition) is 3. The van der Waals surface area contributed by atoms with Crippen LogP contribution in [0.25, 0.3) is 0 Å². The number of carbonyl (C=O) groups excluding carboxylic acids is 1. The molecule has 1 unspecified atom stereocenters. The molecule has 0 fully saturated rings. The van der Waals surface area contributed by atoms with E-state index in [4.69, 9.17) is 5.11 Å². The predicted molar refractivity (Wildman–Crippen MR) is 93.9 cm³/mol. The molecule has 0 aliphatic rings. The lowest BCUT2D eigenvalue weighted by Gasteiger charge is -2.19. The molecule has 0 aromatic heterocycles. The van der Waals surface area contributed by atoms with E-state index in [-0.39, 0.29) is 12.8 Å². The zero-order valence-electron chi connectivity index (χ0n) is 15.5. The molecule has 0 amide bonds. The van der Waals surface area contributed by atoms with Crippen molar-refractivity contribution in [3.8, 4) is 0 Å². The van der Waals surface area contributed by atoms with Crippen LogP contribution in [0.2, 0.25) is 0 Å². The first kappa shape index (κ1) is 22.9. The Kier molecular flexibility index (Phi) is 16.0. The smallest absolute Gasteiger partial charge is 0.309 e. The van der Waals surface area contributed by atoms with E-state index in [1.54, 1.807) is 0 Å². The van der Waals surface area contributed by atoms with Gasteiger partial charge in [0, 0.05) is 12.4 Å². The van der Waals surface area contributed by atoms with Gasteiger partial charge in [-0.25, -0.2) is 0 Å². The van der Waals surface area contributed by atoms with Gasteiger partial charge in [0.25, 0.3) is 0 Å². The highest BCUT2D eigenvalue weighted by molar-refractivity contribution is 5.66. The number of unbranched alkanes of at least 4 members (excludes halogenated alkanes) is 10. The van der Waals surface area contributed by atoms with Gasteiger partial charge in [0.15, 0.2) is 0 Å². The third-order valence-electron chi connectivity index (χ3n) is 4.51. The summed E-state index contributed by atoms with van der Waals surface area (Å²) in [7, 11) is 0. The lowest BCUT2D eigenvalue weighted by atomic mass is 10.1. The van der Waals surface area contributed by atoms with Crippen LogP contribution in [0.4, 0.5) is 0 Å². The third kappa shape index (κ3) is 17.3. The van der Waals surface area contributed by atoms with Crippen LogP contribution in [0.3, 0.4) is 0 Å². The van der Waals surface area contributed by atoms with Crippen molar-refractivity contribution in [2.45, 2.75) is 90.4 Å². The Morgan fingerprint density at radius 2 is 1.21 bits per heavy atom. The van der Waals surface area contributed by atoms with Gasteiger partial charge in [0.1, 0.15) is 0 Å². The van der Waals surface area contributed by atoms with E-state index in [1.165, 1.54) is 57.8 Å². The number of nitrogens with one attached hydrogen (secondary N) is 1. The number of carboxylic acids is 2. The number of rotatable bonds is 18. The van der Waals surface area contributed by atoms with E-state index in [2.05, 4.69) is 6.92 Å². The first-order valence-electron chi connectivity index (χ1n) is 9.81. The maximum absolute atomic E-state index is 10.7. The molecule has 24 heavy (non-hydrogen) atoms. The van der Waals surface area contributed by atoms with E-state index in [0.717, 1.165) is 24.3 Å². The second kappa shape index (κ2) is 16.7. The average molecular weight is 344 g/mol. The first-order chi connectivity index (χ1) is 11.6. The molecule has 142 valence electrons. The van der Waals surface area contributed by atoms with E-state index in [9.17, 15) is 14.7 Å². The summed E-state index contributed by atoms with van der Waals surface area (Å²) in [5, 5.41) is 19.3. The molecule has 0 saturated carbocycles. The van der Waals surface area contributed by atoms with Gasteiger partial charge in [-0.15, -0.1) is 0 Å². The SMILES string of the molecule is CCCCCCCCCCCCC[NH+](CCC(=O)[O-])CCC(=O)O. The fourth-order valence-corrected chi connectivity index (χ4v) is 2.98. The van der Waals surface area contributed by atoms with Crippen molar-refractivity contribution in [3.05, 3.63) is 0 Å². The van der Waals surface area contributed by atoms with Crippen molar-refractivity contribution in [2.75, 3.05) is 19.6 Å². The Labute approximate surface area is 147 Å². The van der Waals surface area contributed by atoms with Crippen LogP contribution in [0.5, 0.6) is 0 Å². The van der Waals surface area contributed by atoms with E-state index < -0.39 is 11.9 Å². The Morgan fingerprint density at radius 1 is 0.750 bits per heavy atom. The van der Waals surface area contributed by atoms with Crippen LogP contribution >= 0.6 is 0 Å². The van der Waals surface area contributed by atoms with Crippen molar-refractivity contribution in [3.63, 3.8) is 0 Å². The molecule has 5 heteroatoms. The summed E-state index contributed by atoms with van der Waals surface area (Å²) < 4.78 is 0. The molecule has 0 rings (SSSR count). The lowest BCUT2D eigenvalue weighted by Crippen LogP contribution is -3.12. The van der Waals surface area contributed by atoms with E-state index in [1.807, 2.05) is 0 Å². The summed E-state index contributed by atoms with van der Waals surface area (Å²) in [6, 6.07) is 0. The summed E-state index contributed by atoms with van der Waals surface area (Å²) >= 11 is 0. The van der Waals surface area contributed by atoms with Gasteiger partial charge in [-0.2, -0.15) is 0 Å². The zero-order valence-corrected chi connectivity index (χ0v) is 15.5. The van der Waals surface area contributed by atoms with Crippen LogP contribution < -0.4 is 10.0 Å². The number of quaternary nitrogens is 1. The summed E-state index contributed by atoms with van der Waals surface area (Å²) in [6.45, 7) is 4.06. The summed E-state index contributed by atoms with van der Waals surface area (Å²) in [5.74, 6) is -1.87. The fraction of sp³-hybridized carbons (Fsp3) is 0.895.